The van der Waals surface area contributed by atoms with E-state index < -0.39 is 5.79 Å². The van der Waals surface area contributed by atoms with Crippen LogP contribution in [-0.4, -0.2) is 35.5 Å². The Morgan fingerprint density at radius 2 is 1.96 bits per heavy atom. The van der Waals surface area contributed by atoms with Gasteiger partial charge in [0, 0.05) is 36.7 Å². The number of nitrogens with two attached hydrogens (primary N) is 1. The summed E-state index contributed by atoms with van der Waals surface area (Å²) in [6.07, 6.45) is 2.10. The Bertz CT molecular complexity index is 775. The number of nitrogens with zero attached hydrogens (tertiary/aromatic N) is 3. The van der Waals surface area contributed by atoms with Crippen molar-refractivity contribution in [3.63, 3.8) is 0 Å². The summed E-state index contributed by atoms with van der Waals surface area (Å²) in [6.45, 7) is 3.71. The fourth-order valence-electron chi connectivity index (χ4n) is 3.93. The SMILES string of the molecule is Cc1cc(N2CCC3(CCC2c2ccccc2F)OCCO3)nc(N)n1. The first-order valence-electron chi connectivity index (χ1n) is 8.96. The Kier molecular flexibility index (Phi) is 4.50. The molecule has 2 aromatic rings. The third-order valence-corrected chi connectivity index (χ3v) is 5.14. The standard InChI is InChI=1S/C19H23FN4O2/c1-13-12-17(23-18(21)22-13)24-9-8-19(25-10-11-26-19)7-6-16(24)14-4-2-3-5-15(14)20/h2-5,12,16H,6-11H2,1H3,(H2,21,22,23). The van der Waals surface area contributed by atoms with Gasteiger partial charge in [0.15, 0.2) is 5.79 Å². The number of aryl methyl sites for hydroxylation is 1. The van der Waals surface area contributed by atoms with E-state index in [0.717, 1.165) is 5.69 Å². The number of hydrogen-bond acceptors (Lipinski definition) is 6. The smallest absolute Gasteiger partial charge is 0.222 e. The van der Waals surface area contributed by atoms with Crippen LogP contribution in [0, 0.1) is 12.7 Å². The molecule has 6 nitrogen and oxygen atoms in total. The molecule has 2 N–H and O–H groups in total. The Labute approximate surface area is 152 Å². The van der Waals surface area contributed by atoms with Crippen LogP contribution < -0.4 is 10.6 Å². The van der Waals surface area contributed by atoms with Crippen LogP contribution in [-0.2, 0) is 9.47 Å². The molecule has 1 spiro atoms. The van der Waals surface area contributed by atoms with E-state index in [1.165, 1.54) is 6.07 Å². The fourth-order valence-corrected chi connectivity index (χ4v) is 3.93. The third kappa shape index (κ3) is 3.24. The highest BCUT2D eigenvalue weighted by molar-refractivity contribution is 5.47. The number of benzene rings is 1. The highest BCUT2D eigenvalue weighted by Crippen LogP contribution is 2.41. The van der Waals surface area contributed by atoms with Gasteiger partial charge in [-0.15, -0.1) is 0 Å². The predicted molar refractivity (Wildman–Crippen MR) is 96.2 cm³/mol. The topological polar surface area (TPSA) is 73.5 Å². The minimum absolute atomic E-state index is 0.169. The maximum atomic E-state index is 14.6. The van der Waals surface area contributed by atoms with Crippen molar-refractivity contribution in [3.05, 3.63) is 47.4 Å². The van der Waals surface area contributed by atoms with E-state index in [1.54, 1.807) is 6.07 Å². The molecule has 3 heterocycles. The van der Waals surface area contributed by atoms with Gasteiger partial charge in [-0.1, -0.05) is 18.2 Å². The lowest BCUT2D eigenvalue weighted by molar-refractivity contribution is -0.163. The lowest BCUT2D eigenvalue weighted by Crippen LogP contribution is -2.33. The van der Waals surface area contributed by atoms with Crippen molar-refractivity contribution in [1.82, 2.24) is 9.97 Å². The van der Waals surface area contributed by atoms with E-state index >= 15 is 0 Å². The lowest BCUT2D eigenvalue weighted by Gasteiger charge is -2.31. The number of nitrogen functional groups attached to an aromatic ring is 1. The molecule has 0 saturated carbocycles. The van der Waals surface area contributed by atoms with Gasteiger partial charge in [-0.05, 0) is 19.4 Å². The van der Waals surface area contributed by atoms with Gasteiger partial charge in [0.1, 0.15) is 11.6 Å². The number of aromatic nitrogens is 2. The van der Waals surface area contributed by atoms with E-state index in [0.29, 0.717) is 50.4 Å². The lowest BCUT2D eigenvalue weighted by atomic mass is 9.98. The monoisotopic (exact) mass is 358 g/mol. The largest absolute Gasteiger partial charge is 0.368 e. The normalized spacial score (nSPS) is 22.5. The Hall–Kier alpha value is -2.25. The molecule has 0 bridgehead atoms. The second-order valence-electron chi connectivity index (χ2n) is 6.85. The molecule has 2 saturated heterocycles. The second-order valence-corrected chi connectivity index (χ2v) is 6.85. The molecule has 1 atom stereocenters. The average Bonchev–Trinajstić information content (AvgIpc) is 2.98. The van der Waals surface area contributed by atoms with Crippen molar-refractivity contribution in [2.45, 2.75) is 38.0 Å². The zero-order chi connectivity index (χ0) is 18.1. The number of halogens is 1. The summed E-state index contributed by atoms with van der Waals surface area (Å²) in [4.78, 5) is 10.7. The van der Waals surface area contributed by atoms with Gasteiger partial charge in [0.2, 0.25) is 5.95 Å². The van der Waals surface area contributed by atoms with Gasteiger partial charge in [0.05, 0.1) is 19.3 Å². The summed E-state index contributed by atoms with van der Waals surface area (Å²) in [5.41, 5.74) is 7.30. The van der Waals surface area contributed by atoms with E-state index in [-0.39, 0.29) is 17.8 Å². The molecule has 2 aliphatic rings. The molecule has 0 aliphatic carbocycles. The van der Waals surface area contributed by atoms with Crippen LogP contribution in [0.2, 0.25) is 0 Å². The Morgan fingerprint density at radius 1 is 1.19 bits per heavy atom. The van der Waals surface area contributed by atoms with Crippen LogP contribution >= 0.6 is 0 Å². The molecule has 26 heavy (non-hydrogen) atoms. The van der Waals surface area contributed by atoms with Gasteiger partial charge in [-0.25, -0.2) is 9.37 Å². The Morgan fingerprint density at radius 3 is 2.69 bits per heavy atom. The van der Waals surface area contributed by atoms with Gasteiger partial charge in [-0.2, -0.15) is 4.98 Å². The highest BCUT2D eigenvalue weighted by Gasteiger charge is 2.41. The van der Waals surface area contributed by atoms with Crippen LogP contribution in [0.15, 0.2) is 30.3 Å². The maximum Gasteiger partial charge on any atom is 0.222 e. The molecule has 138 valence electrons. The minimum Gasteiger partial charge on any atom is -0.368 e. The zero-order valence-electron chi connectivity index (χ0n) is 14.8. The number of rotatable bonds is 2. The zero-order valence-corrected chi connectivity index (χ0v) is 14.8. The molecule has 0 radical (unpaired) electrons. The number of anilines is 2. The van der Waals surface area contributed by atoms with Gasteiger partial charge in [0.25, 0.3) is 0 Å². The van der Waals surface area contributed by atoms with Gasteiger partial charge >= 0.3 is 0 Å². The van der Waals surface area contributed by atoms with E-state index in [2.05, 4.69) is 14.9 Å². The van der Waals surface area contributed by atoms with Crippen molar-refractivity contribution >= 4 is 11.8 Å². The first kappa shape index (κ1) is 17.2. The van der Waals surface area contributed by atoms with Crippen molar-refractivity contribution in [3.8, 4) is 0 Å². The molecule has 0 amide bonds. The molecule has 4 rings (SSSR count). The second kappa shape index (κ2) is 6.81. The average molecular weight is 358 g/mol. The summed E-state index contributed by atoms with van der Waals surface area (Å²) in [6, 6.07) is 8.61. The summed E-state index contributed by atoms with van der Waals surface area (Å²) >= 11 is 0. The summed E-state index contributed by atoms with van der Waals surface area (Å²) in [5.74, 6) is 0.134. The first-order valence-corrected chi connectivity index (χ1v) is 8.96. The maximum absolute atomic E-state index is 14.6. The van der Waals surface area contributed by atoms with E-state index in [9.17, 15) is 4.39 Å². The molecule has 1 unspecified atom stereocenters. The van der Waals surface area contributed by atoms with Gasteiger partial charge in [-0.3, -0.25) is 0 Å². The summed E-state index contributed by atoms with van der Waals surface area (Å²) < 4.78 is 26.4. The minimum atomic E-state index is -0.578. The molecular weight excluding hydrogens is 335 g/mol. The summed E-state index contributed by atoms with van der Waals surface area (Å²) in [5, 5.41) is 0. The van der Waals surface area contributed by atoms with Crippen LogP contribution in [0.3, 0.4) is 0 Å². The van der Waals surface area contributed by atoms with E-state index in [4.69, 9.17) is 15.2 Å². The summed E-state index contributed by atoms with van der Waals surface area (Å²) in [7, 11) is 0. The molecule has 2 fully saturated rings. The fraction of sp³-hybridized carbons (Fsp3) is 0.474. The van der Waals surface area contributed by atoms with E-state index in [1.807, 2.05) is 25.1 Å². The first-order chi connectivity index (χ1) is 12.6. The molecule has 1 aromatic heterocycles. The number of hydrogen-bond donors (Lipinski definition) is 1. The quantitative estimate of drug-likeness (QED) is 0.890. The Balaban J connectivity index is 1.74. The highest BCUT2D eigenvalue weighted by atomic mass is 19.1. The molecule has 1 aromatic carbocycles. The van der Waals surface area contributed by atoms with Crippen LogP contribution in [0.4, 0.5) is 16.2 Å². The van der Waals surface area contributed by atoms with Crippen molar-refractivity contribution in [2.24, 2.45) is 0 Å². The molecule has 7 heteroatoms. The van der Waals surface area contributed by atoms with Crippen LogP contribution in [0.25, 0.3) is 0 Å². The predicted octanol–water partition coefficient (Wildman–Crippen LogP) is 2.98. The van der Waals surface area contributed by atoms with Crippen molar-refractivity contribution in [1.29, 1.82) is 0 Å². The van der Waals surface area contributed by atoms with Crippen LogP contribution in [0.1, 0.15) is 36.6 Å². The molecular formula is C19H23FN4O2. The molecule has 2 aliphatic heterocycles. The van der Waals surface area contributed by atoms with Gasteiger partial charge < -0.3 is 20.1 Å². The number of ether oxygens (including phenoxy) is 2. The van der Waals surface area contributed by atoms with Crippen molar-refractivity contribution < 1.29 is 13.9 Å². The van der Waals surface area contributed by atoms with Crippen LogP contribution in [0.5, 0.6) is 0 Å². The van der Waals surface area contributed by atoms with Crippen molar-refractivity contribution in [2.75, 3.05) is 30.4 Å². The third-order valence-electron chi connectivity index (χ3n) is 5.14.